The van der Waals surface area contributed by atoms with E-state index in [1.54, 1.807) is 0 Å². The van der Waals surface area contributed by atoms with E-state index >= 15 is 0 Å². The van der Waals surface area contributed by atoms with Crippen LogP contribution in [0.2, 0.25) is 0 Å². The van der Waals surface area contributed by atoms with Crippen LogP contribution in [-0.2, 0) is 16.1 Å². The molecule has 1 unspecified atom stereocenters. The first-order chi connectivity index (χ1) is 8.12. The number of carbonyl (C=O) groups excluding carboxylic acids is 1. The first-order valence-electron chi connectivity index (χ1n) is 5.58. The van der Waals surface area contributed by atoms with Gasteiger partial charge in [-0.05, 0) is 5.56 Å². The Labute approximate surface area is 99.4 Å². The van der Waals surface area contributed by atoms with E-state index in [2.05, 4.69) is 0 Å². The third-order valence-electron chi connectivity index (χ3n) is 2.95. The van der Waals surface area contributed by atoms with Crippen LogP contribution < -0.4 is 0 Å². The summed E-state index contributed by atoms with van der Waals surface area (Å²) in [5.74, 6) is -0.844. The molecule has 5 heteroatoms. The minimum atomic E-state index is -1.60. The van der Waals surface area contributed by atoms with E-state index in [9.17, 15) is 15.1 Å². The summed E-state index contributed by atoms with van der Waals surface area (Å²) in [5.41, 5.74) is 0.828. The maximum absolute atomic E-state index is 11.7. The van der Waals surface area contributed by atoms with Gasteiger partial charge in [-0.2, -0.15) is 0 Å². The van der Waals surface area contributed by atoms with E-state index in [0.717, 1.165) is 12.0 Å². The van der Waals surface area contributed by atoms with Crippen LogP contribution >= 0.6 is 0 Å². The maximum Gasteiger partial charge on any atom is 0.395 e. The molecule has 0 bridgehead atoms. The summed E-state index contributed by atoms with van der Waals surface area (Å²) in [6.07, 6.45) is -0.862. The van der Waals surface area contributed by atoms with Crippen LogP contribution in [0.1, 0.15) is 12.0 Å². The van der Waals surface area contributed by atoms with Gasteiger partial charge in [0.2, 0.25) is 0 Å². The van der Waals surface area contributed by atoms with Gasteiger partial charge < -0.3 is 19.7 Å². The number of nitrogens with zero attached hydrogens (tertiary/aromatic N) is 1. The summed E-state index contributed by atoms with van der Waals surface area (Å²) >= 11 is 0. The number of ether oxygens (including phenoxy) is 1. The number of hydroxylamine groups is 3. The fourth-order valence-corrected chi connectivity index (χ4v) is 1.71. The molecule has 0 amide bonds. The standard InChI is InChI=1S/C12H15NO4/c14-11(13(16)7-4-8-13)12(15)17-9-10-5-2-1-3-6-10/h1-3,5-6,11,14H,4,7-9H2. The fraction of sp³-hybridized carbons (Fsp3) is 0.417. The molecule has 0 radical (unpaired) electrons. The molecule has 1 aliphatic heterocycles. The van der Waals surface area contributed by atoms with E-state index in [0.29, 0.717) is 0 Å². The monoisotopic (exact) mass is 237 g/mol. The second kappa shape index (κ2) is 4.83. The number of quaternary nitrogens is 1. The van der Waals surface area contributed by atoms with E-state index < -0.39 is 16.8 Å². The second-order valence-corrected chi connectivity index (χ2v) is 4.22. The van der Waals surface area contributed by atoms with Gasteiger partial charge in [-0.1, -0.05) is 30.3 Å². The van der Waals surface area contributed by atoms with Gasteiger partial charge >= 0.3 is 5.97 Å². The third kappa shape index (κ3) is 2.63. The molecule has 1 aromatic carbocycles. The molecule has 1 atom stereocenters. The Kier molecular flexibility index (Phi) is 3.42. The van der Waals surface area contributed by atoms with E-state index in [1.807, 2.05) is 30.3 Å². The predicted octanol–water partition coefficient (Wildman–Crippen LogP) is 0.766. The average Bonchev–Trinajstić information content (AvgIpc) is 2.33. The zero-order valence-corrected chi connectivity index (χ0v) is 9.41. The number of esters is 1. The number of likely N-dealkylation sites (tertiary alicyclic amines) is 1. The van der Waals surface area contributed by atoms with Crippen molar-refractivity contribution in [1.29, 1.82) is 0 Å². The van der Waals surface area contributed by atoms with E-state index in [4.69, 9.17) is 4.74 Å². The van der Waals surface area contributed by atoms with Crippen molar-refractivity contribution in [3.63, 3.8) is 0 Å². The summed E-state index contributed by atoms with van der Waals surface area (Å²) in [5, 5.41) is 21.3. The molecule has 1 saturated heterocycles. The van der Waals surface area contributed by atoms with Crippen molar-refractivity contribution in [2.45, 2.75) is 19.3 Å². The summed E-state index contributed by atoms with van der Waals surface area (Å²) in [6, 6.07) is 9.14. The number of hydrogen-bond donors (Lipinski definition) is 1. The Bertz CT molecular complexity index is 389. The number of rotatable bonds is 4. The lowest BCUT2D eigenvalue weighted by Gasteiger charge is -2.50. The van der Waals surface area contributed by atoms with Gasteiger partial charge in [0.1, 0.15) is 6.61 Å². The van der Waals surface area contributed by atoms with Crippen molar-refractivity contribution in [2.24, 2.45) is 0 Å². The lowest BCUT2D eigenvalue weighted by molar-refractivity contribution is -0.952. The largest absolute Gasteiger partial charge is 0.630 e. The fourth-order valence-electron chi connectivity index (χ4n) is 1.71. The molecule has 0 spiro atoms. The summed E-state index contributed by atoms with van der Waals surface area (Å²) < 4.78 is 4.04. The highest BCUT2D eigenvalue weighted by molar-refractivity contribution is 5.72. The van der Waals surface area contributed by atoms with Crippen molar-refractivity contribution in [3.05, 3.63) is 41.1 Å². The lowest BCUT2D eigenvalue weighted by Crippen LogP contribution is -2.62. The molecule has 1 heterocycles. The number of benzene rings is 1. The topological polar surface area (TPSA) is 69.6 Å². The average molecular weight is 237 g/mol. The molecule has 5 nitrogen and oxygen atoms in total. The van der Waals surface area contributed by atoms with Crippen LogP contribution in [0, 0.1) is 5.21 Å². The first kappa shape index (κ1) is 12.0. The Morgan fingerprint density at radius 3 is 2.59 bits per heavy atom. The molecule has 1 aromatic rings. The van der Waals surface area contributed by atoms with Gasteiger partial charge in [0.05, 0.1) is 13.1 Å². The lowest BCUT2D eigenvalue weighted by atomic mass is 10.2. The van der Waals surface area contributed by atoms with Crippen molar-refractivity contribution in [3.8, 4) is 0 Å². The molecule has 1 N–H and O–H groups in total. The molecular weight excluding hydrogens is 222 g/mol. The number of hydrogen-bond acceptors (Lipinski definition) is 4. The van der Waals surface area contributed by atoms with E-state index in [1.165, 1.54) is 0 Å². The highest BCUT2D eigenvalue weighted by Crippen LogP contribution is 2.22. The molecule has 1 fully saturated rings. The zero-order valence-electron chi connectivity index (χ0n) is 9.41. The third-order valence-corrected chi connectivity index (χ3v) is 2.95. The molecule has 92 valence electrons. The van der Waals surface area contributed by atoms with Gasteiger partial charge in [0.15, 0.2) is 0 Å². The quantitative estimate of drug-likeness (QED) is 0.477. The van der Waals surface area contributed by atoms with Crippen molar-refractivity contribution in [1.82, 2.24) is 0 Å². The molecular formula is C12H15NO4. The zero-order chi connectivity index (χ0) is 12.3. The minimum absolute atomic E-state index is 0.0801. The Morgan fingerprint density at radius 1 is 1.41 bits per heavy atom. The number of aliphatic hydroxyl groups is 1. The molecule has 0 aromatic heterocycles. The van der Waals surface area contributed by atoms with Crippen LogP contribution in [0.3, 0.4) is 0 Å². The van der Waals surface area contributed by atoms with E-state index in [-0.39, 0.29) is 19.7 Å². The van der Waals surface area contributed by atoms with Crippen molar-refractivity contribution >= 4 is 5.97 Å². The summed E-state index contributed by atoms with van der Waals surface area (Å²) in [6.45, 7) is 0.639. The molecule has 0 aliphatic carbocycles. The van der Waals surface area contributed by atoms with Crippen molar-refractivity contribution in [2.75, 3.05) is 13.1 Å². The van der Waals surface area contributed by atoms with Crippen LogP contribution in [-0.4, -0.2) is 35.0 Å². The summed E-state index contributed by atoms with van der Waals surface area (Å²) in [4.78, 5) is 11.5. The van der Waals surface area contributed by atoms with Crippen LogP contribution in [0.25, 0.3) is 0 Å². The van der Waals surface area contributed by atoms with Crippen LogP contribution in [0.5, 0.6) is 0 Å². The highest BCUT2D eigenvalue weighted by Gasteiger charge is 2.40. The van der Waals surface area contributed by atoms with Crippen LogP contribution in [0.4, 0.5) is 0 Å². The molecule has 1 aliphatic rings. The van der Waals surface area contributed by atoms with Gasteiger partial charge in [-0.15, -0.1) is 0 Å². The molecule has 0 saturated carbocycles. The SMILES string of the molecule is O=C(OCc1ccccc1)C(O)[N+]1([O-])CCC1. The van der Waals surface area contributed by atoms with Crippen molar-refractivity contribution < 1.29 is 19.3 Å². The summed E-state index contributed by atoms with van der Waals surface area (Å²) in [7, 11) is 0. The molecule has 2 rings (SSSR count). The second-order valence-electron chi connectivity index (χ2n) is 4.22. The predicted molar refractivity (Wildman–Crippen MR) is 60.2 cm³/mol. The van der Waals surface area contributed by atoms with Gasteiger partial charge in [-0.3, -0.25) is 0 Å². The van der Waals surface area contributed by atoms with Gasteiger partial charge in [0, 0.05) is 6.42 Å². The minimum Gasteiger partial charge on any atom is -0.630 e. The van der Waals surface area contributed by atoms with Gasteiger partial charge in [0.25, 0.3) is 6.23 Å². The molecule has 17 heavy (non-hydrogen) atoms. The van der Waals surface area contributed by atoms with Crippen LogP contribution in [0.15, 0.2) is 30.3 Å². The Balaban J connectivity index is 1.85. The Hall–Kier alpha value is -1.43. The normalized spacial score (nSPS) is 19.2. The Morgan fingerprint density at radius 2 is 2.06 bits per heavy atom. The number of aliphatic hydroxyl groups excluding tert-OH is 1. The highest BCUT2D eigenvalue weighted by atomic mass is 16.6. The first-order valence-corrected chi connectivity index (χ1v) is 5.58. The number of carbonyl (C=O) groups is 1. The van der Waals surface area contributed by atoms with Gasteiger partial charge in [-0.25, -0.2) is 4.79 Å². The smallest absolute Gasteiger partial charge is 0.395 e. The maximum atomic E-state index is 11.7.